The van der Waals surface area contributed by atoms with Crippen LogP contribution in [0.15, 0.2) is 41.3 Å². The van der Waals surface area contributed by atoms with Gasteiger partial charge >= 0.3 is 0 Å². The van der Waals surface area contributed by atoms with Crippen LogP contribution in [-0.4, -0.2) is 14.6 Å². The number of rotatable bonds is 3. The molecule has 2 aromatic rings. The molecule has 0 unspecified atom stereocenters. The van der Waals surface area contributed by atoms with Crippen LogP contribution in [0, 0.1) is 21.4 Å². The third-order valence-electron chi connectivity index (χ3n) is 2.76. The molecule has 1 heterocycles. The summed E-state index contributed by atoms with van der Waals surface area (Å²) in [7, 11) is 0. The molecule has 0 spiro atoms. The highest BCUT2D eigenvalue weighted by molar-refractivity contribution is 5.40. The second-order valence-corrected chi connectivity index (χ2v) is 4.04. The van der Waals surface area contributed by atoms with Crippen LogP contribution in [0.1, 0.15) is 11.1 Å². The first-order valence-corrected chi connectivity index (χ1v) is 5.59. The lowest BCUT2D eigenvalue weighted by molar-refractivity contribution is -0.384. The first-order chi connectivity index (χ1) is 9.52. The smallest absolute Gasteiger partial charge is 0.272 e. The number of non-ortho nitro benzene ring substituents is 1. The lowest BCUT2D eigenvalue weighted by Crippen LogP contribution is -2.22. The van der Waals surface area contributed by atoms with Crippen LogP contribution in [0.3, 0.4) is 0 Å². The summed E-state index contributed by atoms with van der Waals surface area (Å²) in [5.74, 6) is -0.363. The minimum Gasteiger partial charge on any atom is -0.506 e. The Morgan fingerprint density at radius 2 is 1.95 bits per heavy atom. The Labute approximate surface area is 113 Å². The van der Waals surface area contributed by atoms with Gasteiger partial charge < -0.3 is 9.67 Å². The normalized spacial score (nSPS) is 9.95. The average molecular weight is 271 g/mol. The van der Waals surface area contributed by atoms with Crippen LogP contribution >= 0.6 is 0 Å². The van der Waals surface area contributed by atoms with Gasteiger partial charge in [0.1, 0.15) is 11.8 Å². The molecule has 0 saturated carbocycles. The van der Waals surface area contributed by atoms with Crippen LogP contribution in [0.5, 0.6) is 5.75 Å². The number of nitrogens with zero attached hydrogens (tertiary/aromatic N) is 3. The number of aromatic nitrogens is 1. The van der Waals surface area contributed by atoms with Crippen molar-refractivity contribution in [2.24, 2.45) is 0 Å². The summed E-state index contributed by atoms with van der Waals surface area (Å²) >= 11 is 0. The van der Waals surface area contributed by atoms with Crippen molar-refractivity contribution in [1.82, 2.24) is 4.57 Å². The number of pyridine rings is 1. The van der Waals surface area contributed by atoms with Crippen molar-refractivity contribution >= 4 is 5.69 Å². The number of nitriles is 1. The van der Waals surface area contributed by atoms with E-state index in [-0.39, 0.29) is 23.5 Å². The molecule has 100 valence electrons. The van der Waals surface area contributed by atoms with E-state index in [9.17, 15) is 20.0 Å². The largest absolute Gasteiger partial charge is 0.506 e. The third kappa shape index (κ3) is 2.49. The van der Waals surface area contributed by atoms with Gasteiger partial charge in [-0.05, 0) is 11.6 Å². The van der Waals surface area contributed by atoms with Gasteiger partial charge in [0.2, 0.25) is 0 Å². The maximum atomic E-state index is 11.9. The number of aromatic hydroxyl groups is 1. The highest BCUT2D eigenvalue weighted by Crippen LogP contribution is 2.14. The van der Waals surface area contributed by atoms with E-state index in [2.05, 4.69) is 0 Å². The summed E-state index contributed by atoms with van der Waals surface area (Å²) in [5.41, 5.74) is -0.294. The minimum absolute atomic E-state index is 0.0375. The molecule has 7 nitrogen and oxygen atoms in total. The van der Waals surface area contributed by atoms with Gasteiger partial charge in [0.05, 0.1) is 11.5 Å². The van der Waals surface area contributed by atoms with Crippen molar-refractivity contribution in [3.63, 3.8) is 0 Å². The molecule has 0 aliphatic carbocycles. The Balaban J connectivity index is 2.34. The molecule has 7 heteroatoms. The summed E-state index contributed by atoms with van der Waals surface area (Å²) in [6.45, 7) is 0.159. The van der Waals surface area contributed by atoms with E-state index in [4.69, 9.17) is 5.26 Å². The van der Waals surface area contributed by atoms with Gasteiger partial charge in [0.15, 0.2) is 5.56 Å². The van der Waals surface area contributed by atoms with Crippen LogP contribution in [0.4, 0.5) is 5.69 Å². The molecule has 0 saturated heterocycles. The summed E-state index contributed by atoms with van der Waals surface area (Å²) in [6.07, 6.45) is 1.36. The first kappa shape index (κ1) is 13.3. The van der Waals surface area contributed by atoms with Gasteiger partial charge in [-0.2, -0.15) is 5.26 Å². The monoisotopic (exact) mass is 271 g/mol. The summed E-state index contributed by atoms with van der Waals surface area (Å²) in [6, 6.07) is 8.64. The lowest BCUT2D eigenvalue weighted by Gasteiger charge is -2.06. The molecule has 1 N–H and O–H groups in total. The number of nitro benzene ring substituents is 1. The maximum Gasteiger partial charge on any atom is 0.272 e. The van der Waals surface area contributed by atoms with Crippen LogP contribution in [0.25, 0.3) is 0 Å². The van der Waals surface area contributed by atoms with E-state index < -0.39 is 10.5 Å². The molecule has 0 aliphatic heterocycles. The zero-order chi connectivity index (χ0) is 14.7. The highest BCUT2D eigenvalue weighted by atomic mass is 16.6. The number of nitro groups is 1. The molecule has 1 aromatic carbocycles. The van der Waals surface area contributed by atoms with Crippen molar-refractivity contribution in [2.75, 3.05) is 0 Å². The summed E-state index contributed by atoms with van der Waals surface area (Å²) in [5, 5.41) is 28.7. The van der Waals surface area contributed by atoms with Gasteiger partial charge in [-0.25, -0.2) is 0 Å². The average Bonchev–Trinajstić information content (AvgIpc) is 2.43. The fraction of sp³-hybridized carbons (Fsp3) is 0.0769. The Morgan fingerprint density at radius 1 is 1.30 bits per heavy atom. The second kappa shape index (κ2) is 5.24. The highest BCUT2D eigenvalue weighted by Gasteiger charge is 2.09. The minimum atomic E-state index is -0.606. The quantitative estimate of drug-likeness (QED) is 0.670. The third-order valence-corrected chi connectivity index (χ3v) is 2.76. The number of hydrogen-bond donors (Lipinski definition) is 1. The van der Waals surface area contributed by atoms with Crippen molar-refractivity contribution in [3.05, 3.63) is 68.1 Å². The molecule has 0 bridgehead atoms. The predicted molar refractivity (Wildman–Crippen MR) is 69.3 cm³/mol. The molecule has 0 atom stereocenters. The Bertz CT molecular complexity index is 757. The predicted octanol–water partition coefficient (Wildman–Crippen LogP) is 1.38. The number of hydrogen-bond acceptors (Lipinski definition) is 5. The van der Waals surface area contributed by atoms with Crippen molar-refractivity contribution in [3.8, 4) is 11.8 Å². The first-order valence-electron chi connectivity index (χ1n) is 5.59. The van der Waals surface area contributed by atoms with E-state index in [0.717, 1.165) is 0 Å². The standard InChI is InChI=1S/C13H9N3O4/c14-7-11-12(17)5-6-15(13(11)18)8-9-1-3-10(4-2-9)16(19)20/h1-6,17H,8H2. The molecule has 1 aromatic heterocycles. The van der Waals surface area contributed by atoms with Gasteiger partial charge in [0, 0.05) is 18.3 Å². The zero-order valence-corrected chi connectivity index (χ0v) is 10.2. The molecule has 0 aliphatic rings. The van der Waals surface area contributed by atoms with Gasteiger partial charge in [0.25, 0.3) is 11.2 Å². The molecule has 20 heavy (non-hydrogen) atoms. The molecule has 0 fully saturated rings. The fourth-order valence-corrected chi connectivity index (χ4v) is 1.71. The molecular weight excluding hydrogens is 262 g/mol. The van der Waals surface area contributed by atoms with Crippen LogP contribution in [0.2, 0.25) is 0 Å². The van der Waals surface area contributed by atoms with E-state index in [1.807, 2.05) is 0 Å². The topological polar surface area (TPSA) is 109 Å². The molecule has 0 radical (unpaired) electrons. The van der Waals surface area contributed by atoms with Crippen LogP contribution in [-0.2, 0) is 6.54 Å². The molecular formula is C13H9N3O4. The summed E-state index contributed by atoms with van der Waals surface area (Å²) < 4.78 is 1.25. The number of benzene rings is 1. The Kier molecular flexibility index (Phi) is 3.48. The van der Waals surface area contributed by atoms with Crippen LogP contribution < -0.4 is 5.56 Å². The van der Waals surface area contributed by atoms with E-state index in [1.165, 1.54) is 41.1 Å². The molecule has 0 amide bonds. The van der Waals surface area contributed by atoms with E-state index >= 15 is 0 Å². The fourth-order valence-electron chi connectivity index (χ4n) is 1.71. The molecule has 2 rings (SSSR count). The van der Waals surface area contributed by atoms with Gasteiger partial charge in [-0.15, -0.1) is 0 Å². The lowest BCUT2D eigenvalue weighted by atomic mass is 10.2. The van der Waals surface area contributed by atoms with Crippen molar-refractivity contribution in [2.45, 2.75) is 6.54 Å². The second-order valence-electron chi connectivity index (χ2n) is 4.04. The Hall–Kier alpha value is -3.14. The zero-order valence-electron chi connectivity index (χ0n) is 10.2. The maximum absolute atomic E-state index is 11.9. The van der Waals surface area contributed by atoms with E-state index in [0.29, 0.717) is 5.56 Å². The van der Waals surface area contributed by atoms with Crippen molar-refractivity contribution in [1.29, 1.82) is 5.26 Å². The van der Waals surface area contributed by atoms with Gasteiger partial charge in [-0.1, -0.05) is 12.1 Å². The van der Waals surface area contributed by atoms with E-state index in [1.54, 1.807) is 6.07 Å². The van der Waals surface area contributed by atoms with Gasteiger partial charge in [-0.3, -0.25) is 14.9 Å². The SMILES string of the molecule is N#Cc1c(O)ccn(Cc2ccc([N+](=O)[O-])cc2)c1=O. The Morgan fingerprint density at radius 3 is 2.50 bits per heavy atom. The summed E-state index contributed by atoms with van der Waals surface area (Å²) in [4.78, 5) is 21.9. The van der Waals surface area contributed by atoms with Crippen molar-refractivity contribution < 1.29 is 10.0 Å².